The van der Waals surface area contributed by atoms with Crippen LogP contribution in [0.25, 0.3) is 0 Å². The lowest BCUT2D eigenvalue weighted by molar-refractivity contribution is -0.117. The maximum Gasteiger partial charge on any atom is 0.329 e. The molecule has 0 aliphatic carbocycles. The number of halogens is 1. The molecule has 2 aromatic rings. The molecule has 0 saturated heterocycles. The lowest BCUT2D eigenvalue weighted by atomic mass is 9.95. The van der Waals surface area contributed by atoms with E-state index in [1.807, 2.05) is 20.8 Å². The van der Waals surface area contributed by atoms with E-state index in [1.54, 1.807) is 35.7 Å². The quantitative estimate of drug-likeness (QED) is 0.630. The van der Waals surface area contributed by atoms with Gasteiger partial charge in [0.15, 0.2) is 5.78 Å². The van der Waals surface area contributed by atoms with Crippen molar-refractivity contribution in [1.29, 1.82) is 0 Å². The van der Waals surface area contributed by atoms with Gasteiger partial charge in [0.05, 0.1) is 10.6 Å². The Hall–Kier alpha value is -2.18. The van der Waals surface area contributed by atoms with Crippen LogP contribution in [0.15, 0.2) is 35.7 Å². The molecule has 0 spiro atoms. The van der Waals surface area contributed by atoms with E-state index in [4.69, 9.17) is 11.6 Å². The fourth-order valence-electron chi connectivity index (χ4n) is 2.74. The molecule has 130 valence electrons. The molecule has 0 saturated carbocycles. The van der Waals surface area contributed by atoms with Gasteiger partial charge in [0.2, 0.25) is 0 Å². The summed E-state index contributed by atoms with van der Waals surface area (Å²) in [5, 5.41) is 4.93. The molecule has 1 aliphatic rings. The van der Waals surface area contributed by atoms with E-state index in [-0.39, 0.29) is 5.78 Å². The molecule has 1 N–H and O–H groups in total. The largest absolute Gasteiger partial charge is 0.333 e. The molecule has 25 heavy (non-hydrogen) atoms. The standard InChI is InChI=1S/C18H17ClN2O3S/c1-18(2,3)20-17(24)21-12-9-10(19)6-7-11(12)14(16(21)23)15(22)13-5-4-8-25-13/h4-9,14H,1-3H3,(H,20,24). The zero-order valence-corrected chi connectivity index (χ0v) is 15.6. The minimum absolute atomic E-state index is 0.311. The monoisotopic (exact) mass is 376 g/mol. The van der Waals surface area contributed by atoms with E-state index in [0.717, 1.165) is 4.90 Å². The van der Waals surface area contributed by atoms with Gasteiger partial charge in [0, 0.05) is 10.6 Å². The number of benzene rings is 1. The molecule has 7 heteroatoms. The van der Waals surface area contributed by atoms with Gasteiger partial charge in [0.25, 0.3) is 5.91 Å². The summed E-state index contributed by atoms with van der Waals surface area (Å²) in [7, 11) is 0. The Morgan fingerprint density at radius 2 is 1.96 bits per heavy atom. The fourth-order valence-corrected chi connectivity index (χ4v) is 3.60. The number of rotatable bonds is 2. The first-order valence-electron chi connectivity index (χ1n) is 7.72. The third-order valence-corrected chi connectivity index (χ3v) is 4.84. The van der Waals surface area contributed by atoms with Crippen LogP contribution in [-0.4, -0.2) is 23.3 Å². The van der Waals surface area contributed by atoms with Gasteiger partial charge in [-0.25, -0.2) is 9.69 Å². The SMILES string of the molecule is CC(C)(C)NC(=O)N1C(=O)C(C(=O)c2cccs2)c2ccc(Cl)cc21. The van der Waals surface area contributed by atoms with Gasteiger partial charge in [-0.15, -0.1) is 11.3 Å². The van der Waals surface area contributed by atoms with Gasteiger partial charge in [0.1, 0.15) is 5.92 Å². The zero-order valence-electron chi connectivity index (χ0n) is 14.0. The smallest absolute Gasteiger partial charge is 0.329 e. The molecule has 3 amide bonds. The number of thiophene rings is 1. The van der Waals surface area contributed by atoms with Crippen LogP contribution in [0.5, 0.6) is 0 Å². The number of Topliss-reactive ketones (excluding diaryl/α,β-unsaturated/α-hetero) is 1. The van der Waals surface area contributed by atoms with Crippen molar-refractivity contribution >= 4 is 46.3 Å². The van der Waals surface area contributed by atoms with Gasteiger partial charge in [-0.3, -0.25) is 9.59 Å². The molecule has 0 fully saturated rings. The predicted octanol–water partition coefficient (Wildman–Crippen LogP) is 4.22. The molecule has 1 unspecified atom stereocenters. The van der Waals surface area contributed by atoms with E-state index in [0.29, 0.717) is 21.2 Å². The summed E-state index contributed by atoms with van der Waals surface area (Å²) in [6.45, 7) is 5.45. The predicted molar refractivity (Wildman–Crippen MR) is 98.6 cm³/mol. The van der Waals surface area contributed by atoms with Crippen LogP contribution >= 0.6 is 22.9 Å². The van der Waals surface area contributed by atoms with Crippen LogP contribution in [0.4, 0.5) is 10.5 Å². The number of hydrogen-bond acceptors (Lipinski definition) is 4. The van der Waals surface area contributed by atoms with Crippen molar-refractivity contribution < 1.29 is 14.4 Å². The summed E-state index contributed by atoms with van der Waals surface area (Å²) in [5.74, 6) is -1.90. The van der Waals surface area contributed by atoms with Crippen LogP contribution in [-0.2, 0) is 4.79 Å². The second kappa shape index (κ2) is 6.28. The lowest BCUT2D eigenvalue weighted by Gasteiger charge is -2.25. The highest BCUT2D eigenvalue weighted by Gasteiger charge is 2.45. The number of fused-ring (bicyclic) bond motifs is 1. The zero-order chi connectivity index (χ0) is 18.4. The molecular formula is C18H17ClN2O3S. The number of hydrogen-bond donors (Lipinski definition) is 1. The average Bonchev–Trinajstić information content (AvgIpc) is 3.10. The van der Waals surface area contributed by atoms with Crippen LogP contribution in [0.3, 0.4) is 0 Å². The number of urea groups is 1. The Morgan fingerprint density at radius 1 is 1.24 bits per heavy atom. The van der Waals surface area contributed by atoms with Crippen molar-refractivity contribution in [3.05, 3.63) is 51.2 Å². The number of imide groups is 1. The maximum absolute atomic E-state index is 12.9. The number of carbonyl (C=O) groups excluding carboxylic acids is 3. The Labute approximate surface area is 154 Å². The van der Waals surface area contributed by atoms with E-state index >= 15 is 0 Å². The molecule has 3 rings (SSSR count). The first kappa shape index (κ1) is 17.6. The van der Waals surface area contributed by atoms with Gasteiger partial charge in [-0.2, -0.15) is 0 Å². The van der Waals surface area contributed by atoms with Crippen LogP contribution in [0, 0.1) is 0 Å². The lowest BCUT2D eigenvalue weighted by Crippen LogP contribution is -2.50. The summed E-state index contributed by atoms with van der Waals surface area (Å²) >= 11 is 7.32. The molecule has 1 aromatic carbocycles. The number of amides is 3. The van der Waals surface area contributed by atoms with Crippen molar-refractivity contribution in [2.24, 2.45) is 0 Å². The minimum Gasteiger partial charge on any atom is -0.333 e. The van der Waals surface area contributed by atoms with E-state index in [1.165, 1.54) is 11.3 Å². The molecular weight excluding hydrogens is 360 g/mol. The van der Waals surface area contributed by atoms with Crippen LogP contribution < -0.4 is 10.2 Å². The maximum atomic E-state index is 12.9. The molecule has 1 atom stereocenters. The van der Waals surface area contributed by atoms with Gasteiger partial charge >= 0.3 is 6.03 Å². The van der Waals surface area contributed by atoms with Crippen molar-refractivity contribution in [3.8, 4) is 0 Å². The second-order valence-corrected chi connectivity index (χ2v) is 8.22. The number of carbonyl (C=O) groups is 3. The molecule has 0 radical (unpaired) electrons. The fraction of sp³-hybridized carbons (Fsp3) is 0.278. The van der Waals surface area contributed by atoms with Crippen molar-refractivity contribution in [2.75, 3.05) is 4.90 Å². The molecule has 1 aliphatic heterocycles. The third kappa shape index (κ3) is 3.32. The molecule has 5 nitrogen and oxygen atoms in total. The highest BCUT2D eigenvalue weighted by molar-refractivity contribution is 7.12. The van der Waals surface area contributed by atoms with Gasteiger partial charge < -0.3 is 5.32 Å². The van der Waals surface area contributed by atoms with E-state index < -0.39 is 23.4 Å². The number of nitrogens with one attached hydrogen (secondary N) is 1. The Balaban J connectivity index is 2.05. The number of anilines is 1. The van der Waals surface area contributed by atoms with Crippen molar-refractivity contribution in [2.45, 2.75) is 32.2 Å². The highest BCUT2D eigenvalue weighted by Crippen LogP contribution is 2.41. The number of nitrogens with zero attached hydrogens (tertiary/aromatic N) is 1. The van der Waals surface area contributed by atoms with Crippen molar-refractivity contribution in [3.63, 3.8) is 0 Å². The first-order chi connectivity index (χ1) is 11.7. The third-order valence-electron chi connectivity index (χ3n) is 3.72. The summed E-state index contributed by atoms with van der Waals surface area (Å²) in [6.07, 6.45) is 0. The molecule has 1 aromatic heterocycles. The van der Waals surface area contributed by atoms with Crippen molar-refractivity contribution in [1.82, 2.24) is 5.32 Å². The second-order valence-electron chi connectivity index (χ2n) is 6.83. The summed E-state index contributed by atoms with van der Waals surface area (Å²) < 4.78 is 0. The average molecular weight is 377 g/mol. The Kier molecular flexibility index (Phi) is 4.43. The summed E-state index contributed by atoms with van der Waals surface area (Å²) in [5.41, 5.74) is 0.331. The van der Waals surface area contributed by atoms with Gasteiger partial charge in [-0.1, -0.05) is 23.7 Å². The minimum atomic E-state index is -1.03. The highest BCUT2D eigenvalue weighted by atomic mass is 35.5. The Bertz CT molecular complexity index is 856. The Morgan fingerprint density at radius 3 is 2.56 bits per heavy atom. The van der Waals surface area contributed by atoms with Gasteiger partial charge in [-0.05, 0) is 49.9 Å². The molecule has 0 bridgehead atoms. The first-order valence-corrected chi connectivity index (χ1v) is 8.98. The normalized spacial score (nSPS) is 16.7. The van der Waals surface area contributed by atoms with Crippen LogP contribution in [0.1, 0.15) is 41.9 Å². The topological polar surface area (TPSA) is 66.5 Å². The van der Waals surface area contributed by atoms with Crippen LogP contribution in [0.2, 0.25) is 5.02 Å². The van der Waals surface area contributed by atoms with E-state index in [2.05, 4.69) is 5.32 Å². The number of ketones is 1. The molecule has 2 heterocycles. The summed E-state index contributed by atoms with van der Waals surface area (Å²) in [6, 6.07) is 7.66. The van der Waals surface area contributed by atoms with E-state index in [9.17, 15) is 14.4 Å². The summed E-state index contributed by atoms with van der Waals surface area (Å²) in [4.78, 5) is 39.9.